The minimum atomic E-state index is -0.539. The summed E-state index contributed by atoms with van der Waals surface area (Å²) in [5.74, 6) is 0. The van der Waals surface area contributed by atoms with E-state index < -0.39 is 5.41 Å². The van der Waals surface area contributed by atoms with E-state index in [9.17, 15) is 0 Å². The highest BCUT2D eigenvalue weighted by Gasteiger charge is 2.47. The average molecular weight is 940 g/mol. The Bertz CT molecular complexity index is 4180. The third-order valence-electron chi connectivity index (χ3n) is 15.5. The van der Waals surface area contributed by atoms with Crippen molar-refractivity contribution in [2.24, 2.45) is 0 Å². The summed E-state index contributed by atoms with van der Waals surface area (Å²) < 4.78 is 0. The van der Waals surface area contributed by atoms with Gasteiger partial charge in [0.1, 0.15) is 0 Å². The van der Waals surface area contributed by atoms with Gasteiger partial charge in [0.15, 0.2) is 0 Å². The Kier molecular flexibility index (Phi) is 10.5. The van der Waals surface area contributed by atoms with E-state index in [1.54, 1.807) is 0 Å². The van der Waals surface area contributed by atoms with Gasteiger partial charge in [0.05, 0.1) is 11.1 Å². The quantitative estimate of drug-likeness (QED) is 0.130. The van der Waals surface area contributed by atoms with E-state index >= 15 is 0 Å². The molecule has 0 N–H and O–H groups in total. The molecule has 0 saturated carbocycles. The Labute approximate surface area is 432 Å². The first-order chi connectivity index (χ1) is 36.7. The molecular weight excluding hydrogens is 891 g/mol. The molecule has 1 heteroatoms. The van der Waals surface area contributed by atoms with Crippen molar-refractivity contribution in [2.45, 2.75) is 5.41 Å². The zero-order chi connectivity index (χ0) is 49.0. The van der Waals surface area contributed by atoms with Crippen LogP contribution < -0.4 is 4.90 Å². The lowest BCUT2D eigenvalue weighted by Gasteiger charge is -2.34. The van der Waals surface area contributed by atoms with Crippen LogP contribution >= 0.6 is 0 Å². The van der Waals surface area contributed by atoms with Crippen LogP contribution in [-0.2, 0) is 5.41 Å². The summed E-state index contributed by atoms with van der Waals surface area (Å²) in [6, 6.07) is 110. The van der Waals surface area contributed by atoms with Crippen LogP contribution in [-0.4, -0.2) is 0 Å². The Morgan fingerprint density at radius 1 is 0.243 bits per heavy atom. The third kappa shape index (κ3) is 7.00. The van der Waals surface area contributed by atoms with E-state index in [2.05, 4.69) is 302 Å². The fraction of sp³-hybridized carbons (Fsp3) is 0.0137. The molecule has 0 spiro atoms. The lowest BCUT2D eigenvalue weighted by Crippen LogP contribution is -2.28. The lowest BCUT2D eigenvalue weighted by molar-refractivity contribution is 0.768. The van der Waals surface area contributed by atoms with Crippen LogP contribution in [0.1, 0.15) is 22.3 Å². The molecule has 0 heterocycles. The van der Waals surface area contributed by atoms with E-state index in [0.717, 1.165) is 28.2 Å². The highest BCUT2D eigenvalue weighted by Crippen LogP contribution is 2.59. The SMILES string of the molecule is c1ccc(-c2c(-c3ccccc3)c3cc(-c4cccc(N(c5ccc(-c6ccc7ccccc7c6)cc5)c5cccc6c5-c5ccccc5C6(c5ccccc5)c5ccccc5)c4)ccc3c3ccccc23)cc1. The maximum absolute atomic E-state index is 2.49. The second-order valence-electron chi connectivity index (χ2n) is 19.5. The molecule has 0 radical (unpaired) electrons. The van der Waals surface area contributed by atoms with E-state index in [1.807, 2.05) is 0 Å². The number of nitrogens with zero attached hydrogens (tertiary/aromatic N) is 1. The molecule has 0 bridgehead atoms. The van der Waals surface area contributed by atoms with Crippen LogP contribution in [0.15, 0.2) is 297 Å². The topological polar surface area (TPSA) is 3.24 Å². The molecule has 74 heavy (non-hydrogen) atoms. The van der Waals surface area contributed by atoms with Gasteiger partial charge in [0.25, 0.3) is 0 Å². The van der Waals surface area contributed by atoms with Gasteiger partial charge in [0.2, 0.25) is 0 Å². The molecule has 0 fully saturated rings. The fourth-order valence-corrected chi connectivity index (χ4v) is 12.3. The highest BCUT2D eigenvalue weighted by atomic mass is 15.1. The minimum Gasteiger partial charge on any atom is -0.310 e. The fourth-order valence-electron chi connectivity index (χ4n) is 12.3. The summed E-state index contributed by atoms with van der Waals surface area (Å²) in [5, 5.41) is 7.45. The molecule has 0 unspecified atom stereocenters. The zero-order valence-corrected chi connectivity index (χ0v) is 40.7. The minimum absolute atomic E-state index is 0.539. The van der Waals surface area contributed by atoms with Gasteiger partial charge in [-0.15, -0.1) is 0 Å². The molecule has 0 aliphatic heterocycles. The molecule has 0 saturated heterocycles. The van der Waals surface area contributed by atoms with Crippen molar-refractivity contribution in [3.8, 4) is 55.6 Å². The first-order valence-corrected chi connectivity index (χ1v) is 25.7. The van der Waals surface area contributed by atoms with Gasteiger partial charge in [-0.1, -0.05) is 255 Å². The standard InChI is InChI=1S/C73H49N/c1-5-22-52(23-6-1)70-64-34-16-15-33-62(64)63-46-43-57(49-66(63)71(70)53-24-7-2-8-25-53)55-27-19-32-61(48-55)74(60-44-41-51(42-45-60)56-40-39-50-21-13-14-26-54(50)47-56)69-38-20-37-68-72(69)65-35-17-18-36-67(65)73(68,58-28-9-3-10-29-58)59-30-11-4-12-31-59/h1-49H. The normalized spacial score (nSPS) is 12.4. The van der Waals surface area contributed by atoms with Gasteiger partial charge < -0.3 is 4.90 Å². The van der Waals surface area contributed by atoms with Gasteiger partial charge in [-0.05, 0) is 147 Å². The summed E-state index contributed by atoms with van der Waals surface area (Å²) in [6.07, 6.45) is 0. The second kappa shape index (κ2) is 17.9. The van der Waals surface area contributed by atoms with Crippen molar-refractivity contribution in [2.75, 3.05) is 4.90 Å². The Morgan fingerprint density at radius 2 is 0.743 bits per heavy atom. The molecule has 346 valence electrons. The van der Waals surface area contributed by atoms with Gasteiger partial charge in [0, 0.05) is 16.9 Å². The molecule has 0 atom stereocenters. The van der Waals surface area contributed by atoms with Crippen LogP contribution in [0.5, 0.6) is 0 Å². The molecule has 1 nitrogen and oxygen atoms in total. The van der Waals surface area contributed by atoms with Gasteiger partial charge in [-0.2, -0.15) is 0 Å². The summed E-state index contributed by atoms with van der Waals surface area (Å²) in [4.78, 5) is 2.49. The third-order valence-corrected chi connectivity index (χ3v) is 15.5. The maximum Gasteiger partial charge on any atom is 0.0714 e. The summed E-state index contributed by atoms with van der Waals surface area (Å²) in [6.45, 7) is 0. The number of hydrogen-bond donors (Lipinski definition) is 0. The molecular formula is C73H49N. The van der Waals surface area contributed by atoms with E-state index in [0.29, 0.717) is 0 Å². The van der Waals surface area contributed by atoms with Crippen LogP contribution in [0.25, 0.3) is 88.0 Å². The van der Waals surface area contributed by atoms with Gasteiger partial charge in [-0.25, -0.2) is 0 Å². The van der Waals surface area contributed by atoms with E-state index in [4.69, 9.17) is 0 Å². The molecule has 0 aromatic heterocycles. The van der Waals surface area contributed by atoms with E-state index in [1.165, 1.54) is 99.1 Å². The summed E-state index contributed by atoms with van der Waals surface area (Å²) >= 11 is 0. The van der Waals surface area contributed by atoms with Gasteiger partial charge in [-0.3, -0.25) is 0 Å². The van der Waals surface area contributed by atoms with Gasteiger partial charge >= 0.3 is 0 Å². The van der Waals surface area contributed by atoms with Crippen molar-refractivity contribution in [1.29, 1.82) is 0 Å². The Morgan fingerprint density at radius 3 is 1.46 bits per heavy atom. The highest BCUT2D eigenvalue weighted by molar-refractivity contribution is 6.22. The monoisotopic (exact) mass is 939 g/mol. The van der Waals surface area contributed by atoms with Crippen LogP contribution in [0, 0.1) is 0 Å². The first-order valence-electron chi connectivity index (χ1n) is 25.7. The van der Waals surface area contributed by atoms with Crippen LogP contribution in [0.3, 0.4) is 0 Å². The number of benzene rings is 13. The molecule has 13 aromatic carbocycles. The Hall–Kier alpha value is -9.56. The second-order valence-corrected chi connectivity index (χ2v) is 19.5. The average Bonchev–Trinajstić information content (AvgIpc) is 3.89. The predicted octanol–water partition coefficient (Wildman–Crippen LogP) is 19.6. The van der Waals surface area contributed by atoms with Crippen molar-refractivity contribution in [3.63, 3.8) is 0 Å². The smallest absolute Gasteiger partial charge is 0.0714 e. The van der Waals surface area contributed by atoms with Crippen LogP contribution in [0.4, 0.5) is 17.1 Å². The molecule has 1 aliphatic carbocycles. The van der Waals surface area contributed by atoms with Crippen molar-refractivity contribution in [3.05, 3.63) is 320 Å². The molecule has 0 amide bonds. The summed E-state index contributed by atoms with van der Waals surface area (Å²) in [7, 11) is 0. The number of anilines is 3. The molecule has 1 aliphatic rings. The number of fused-ring (bicyclic) bond motifs is 7. The molecule has 13 aromatic rings. The Balaban J connectivity index is 0.995. The maximum atomic E-state index is 2.49. The number of hydrogen-bond acceptors (Lipinski definition) is 1. The van der Waals surface area contributed by atoms with E-state index in [-0.39, 0.29) is 0 Å². The molecule has 14 rings (SSSR count). The predicted molar refractivity (Wildman–Crippen MR) is 313 cm³/mol. The zero-order valence-electron chi connectivity index (χ0n) is 40.7. The van der Waals surface area contributed by atoms with Crippen molar-refractivity contribution < 1.29 is 0 Å². The van der Waals surface area contributed by atoms with Crippen molar-refractivity contribution in [1.82, 2.24) is 0 Å². The van der Waals surface area contributed by atoms with Crippen molar-refractivity contribution >= 4 is 49.4 Å². The summed E-state index contributed by atoms with van der Waals surface area (Å²) in [5.41, 5.74) is 19.9. The van der Waals surface area contributed by atoms with Crippen LogP contribution in [0.2, 0.25) is 0 Å². The largest absolute Gasteiger partial charge is 0.310 e. The first kappa shape index (κ1) is 43.2. The number of rotatable bonds is 9. The lowest BCUT2D eigenvalue weighted by atomic mass is 9.68.